The average molecular weight is 395 g/mol. The second kappa shape index (κ2) is 6.93. The normalized spacial score (nSPS) is 10.9. The van der Waals surface area contributed by atoms with Crippen LogP contribution >= 0.6 is 44.3 Å². The summed E-state index contributed by atoms with van der Waals surface area (Å²) >= 11 is 6.41. The molecule has 0 aromatic heterocycles. The predicted molar refractivity (Wildman–Crippen MR) is 73.3 cm³/mol. The lowest BCUT2D eigenvalue weighted by Gasteiger charge is -2.07. The Hall–Kier alpha value is 0.340. The Balaban J connectivity index is 0.00000225. The molecule has 0 heterocycles. The van der Waals surface area contributed by atoms with Crippen LogP contribution in [0.15, 0.2) is 32.0 Å². The average Bonchev–Trinajstić information content (AvgIpc) is 2.18. The first-order chi connectivity index (χ1) is 6.97. The molecule has 0 aliphatic carbocycles. The standard InChI is InChI=1S/C8H10Br2N2O2S.ClH/c9-6-1-2-7(10)8(5-6)15(13,14)12-4-3-11;/h1-2,5,12H,3-4,11H2;1H. The third-order valence-corrected chi connectivity index (χ3v) is 4.57. The van der Waals surface area contributed by atoms with Crippen LogP contribution in [0.25, 0.3) is 0 Å². The number of sulfonamides is 1. The Morgan fingerprint density at radius 3 is 2.50 bits per heavy atom. The SMILES string of the molecule is Cl.NCCNS(=O)(=O)c1cc(Br)ccc1Br. The van der Waals surface area contributed by atoms with Gasteiger partial charge in [-0.3, -0.25) is 0 Å². The van der Waals surface area contributed by atoms with Gasteiger partial charge >= 0.3 is 0 Å². The van der Waals surface area contributed by atoms with E-state index in [0.29, 0.717) is 8.95 Å². The first-order valence-electron chi connectivity index (χ1n) is 4.12. The molecule has 0 bridgehead atoms. The van der Waals surface area contributed by atoms with Gasteiger partial charge in [-0.1, -0.05) is 15.9 Å². The lowest BCUT2D eigenvalue weighted by Crippen LogP contribution is -2.29. The van der Waals surface area contributed by atoms with E-state index < -0.39 is 10.0 Å². The zero-order valence-corrected chi connectivity index (χ0v) is 12.9. The van der Waals surface area contributed by atoms with Crippen molar-refractivity contribution in [2.24, 2.45) is 5.73 Å². The minimum atomic E-state index is -3.48. The molecule has 1 aromatic carbocycles. The van der Waals surface area contributed by atoms with Crippen LogP contribution in [0.2, 0.25) is 0 Å². The van der Waals surface area contributed by atoms with Gasteiger partial charge in [0, 0.05) is 22.0 Å². The highest BCUT2D eigenvalue weighted by Crippen LogP contribution is 2.25. The van der Waals surface area contributed by atoms with Gasteiger partial charge in [-0.25, -0.2) is 13.1 Å². The summed E-state index contributed by atoms with van der Waals surface area (Å²) in [6.07, 6.45) is 0. The van der Waals surface area contributed by atoms with Gasteiger partial charge in [0.25, 0.3) is 0 Å². The highest BCUT2D eigenvalue weighted by molar-refractivity contribution is 9.11. The van der Waals surface area contributed by atoms with E-state index in [1.165, 1.54) is 6.07 Å². The lowest BCUT2D eigenvalue weighted by atomic mass is 10.4. The highest BCUT2D eigenvalue weighted by Gasteiger charge is 2.16. The van der Waals surface area contributed by atoms with Crippen LogP contribution in [0.1, 0.15) is 0 Å². The molecule has 3 N–H and O–H groups in total. The summed E-state index contributed by atoms with van der Waals surface area (Å²) < 4.78 is 27.1. The molecule has 0 saturated heterocycles. The third kappa shape index (κ3) is 4.31. The number of hydrogen-bond acceptors (Lipinski definition) is 3. The number of benzene rings is 1. The molecule has 0 radical (unpaired) electrons. The molecule has 1 rings (SSSR count). The summed E-state index contributed by atoms with van der Waals surface area (Å²) in [6.45, 7) is 0.492. The number of nitrogens with one attached hydrogen (secondary N) is 1. The summed E-state index contributed by atoms with van der Waals surface area (Å²) in [4.78, 5) is 0.199. The van der Waals surface area contributed by atoms with Crippen LogP contribution in [0.3, 0.4) is 0 Å². The van der Waals surface area contributed by atoms with Gasteiger partial charge in [0.15, 0.2) is 0 Å². The van der Waals surface area contributed by atoms with Gasteiger partial charge in [-0.2, -0.15) is 0 Å². The van der Waals surface area contributed by atoms with E-state index in [4.69, 9.17) is 5.73 Å². The van der Waals surface area contributed by atoms with E-state index in [9.17, 15) is 8.42 Å². The van der Waals surface area contributed by atoms with E-state index in [0.717, 1.165) is 0 Å². The summed E-state index contributed by atoms with van der Waals surface area (Å²) in [6, 6.07) is 4.95. The Bertz CT molecular complexity index is 453. The van der Waals surface area contributed by atoms with E-state index in [2.05, 4.69) is 36.6 Å². The van der Waals surface area contributed by atoms with Gasteiger partial charge in [-0.05, 0) is 34.1 Å². The van der Waals surface area contributed by atoms with Crippen LogP contribution in [-0.4, -0.2) is 21.5 Å². The summed E-state index contributed by atoms with van der Waals surface area (Å²) in [5, 5.41) is 0. The van der Waals surface area contributed by atoms with Crippen molar-refractivity contribution in [3.63, 3.8) is 0 Å². The maximum absolute atomic E-state index is 11.7. The molecule has 16 heavy (non-hydrogen) atoms. The highest BCUT2D eigenvalue weighted by atomic mass is 79.9. The van der Waals surface area contributed by atoms with Crippen molar-refractivity contribution in [2.75, 3.05) is 13.1 Å². The molecular weight excluding hydrogens is 383 g/mol. The topological polar surface area (TPSA) is 72.2 Å². The third-order valence-electron chi connectivity index (χ3n) is 1.62. The molecule has 1 aromatic rings. The maximum Gasteiger partial charge on any atom is 0.241 e. The van der Waals surface area contributed by atoms with Crippen molar-refractivity contribution in [3.8, 4) is 0 Å². The van der Waals surface area contributed by atoms with Crippen molar-refractivity contribution in [1.29, 1.82) is 0 Å². The Labute approximate surface area is 118 Å². The largest absolute Gasteiger partial charge is 0.329 e. The summed E-state index contributed by atoms with van der Waals surface area (Å²) in [5.74, 6) is 0. The second-order valence-electron chi connectivity index (χ2n) is 2.76. The summed E-state index contributed by atoms with van der Waals surface area (Å²) in [5.41, 5.74) is 5.23. The number of rotatable bonds is 4. The zero-order valence-electron chi connectivity index (χ0n) is 8.11. The van der Waals surface area contributed by atoms with E-state index in [1.54, 1.807) is 12.1 Å². The maximum atomic E-state index is 11.7. The quantitative estimate of drug-likeness (QED) is 0.819. The molecule has 0 saturated carbocycles. The van der Waals surface area contributed by atoms with Gasteiger partial charge in [0.2, 0.25) is 10.0 Å². The fraction of sp³-hybridized carbons (Fsp3) is 0.250. The van der Waals surface area contributed by atoms with Crippen molar-refractivity contribution >= 4 is 54.3 Å². The molecular formula is C8H11Br2ClN2O2S. The van der Waals surface area contributed by atoms with Gasteiger partial charge in [0.1, 0.15) is 0 Å². The molecule has 8 heteroatoms. The van der Waals surface area contributed by atoms with Crippen LogP contribution in [-0.2, 0) is 10.0 Å². The second-order valence-corrected chi connectivity index (χ2v) is 6.27. The van der Waals surface area contributed by atoms with Gasteiger partial charge in [0.05, 0.1) is 4.90 Å². The first-order valence-corrected chi connectivity index (χ1v) is 7.19. The van der Waals surface area contributed by atoms with Crippen molar-refractivity contribution < 1.29 is 8.42 Å². The summed E-state index contributed by atoms with van der Waals surface area (Å²) in [7, 11) is -3.48. The van der Waals surface area contributed by atoms with Crippen LogP contribution in [0.5, 0.6) is 0 Å². The Morgan fingerprint density at radius 2 is 1.94 bits per heavy atom. The Kier molecular flexibility index (Phi) is 7.07. The molecule has 0 atom stereocenters. The van der Waals surface area contributed by atoms with Crippen LogP contribution in [0.4, 0.5) is 0 Å². The minimum Gasteiger partial charge on any atom is -0.329 e. The van der Waals surface area contributed by atoms with Crippen LogP contribution < -0.4 is 10.5 Å². The van der Waals surface area contributed by atoms with E-state index in [-0.39, 0.29) is 30.4 Å². The molecule has 0 unspecified atom stereocenters. The van der Waals surface area contributed by atoms with Crippen molar-refractivity contribution in [1.82, 2.24) is 4.72 Å². The fourth-order valence-corrected chi connectivity index (χ4v) is 3.50. The number of halogens is 3. The fourth-order valence-electron chi connectivity index (χ4n) is 0.954. The van der Waals surface area contributed by atoms with Crippen molar-refractivity contribution in [3.05, 3.63) is 27.1 Å². The number of hydrogen-bond donors (Lipinski definition) is 2. The smallest absolute Gasteiger partial charge is 0.241 e. The minimum absolute atomic E-state index is 0. The van der Waals surface area contributed by atoms with Crippen LogP contribution in [0, 0.1) is 0 Å². The molecule has 0 amide bonds. The first kappa shape index (κ1) is 16.3. The lowest BCUT2D eigenvalue weighted by molar-refractivity contribution is 0.581. The van der Waals surface area contributed by atoms with E-state index in [1.807, 2.05) is 0 Å². The Morgan fingerprint density at radius 1 is 1.31 bits per heavy atom. The monoisotopic (exact) mass is 392 g/mol. The predicted octanol–water partition coefficient (Wildman–Crippen LogP) is 1.87. The molecule has 0 spiro atoms. The van der Waals surface area contributed by atoms with Gasteiger partial charge in [-0.15, -0.1) is 12.4 Å². The van der Waals surface area contributed by atoms with Gasteiger partial charge < -0.3 is 5.73 Å². The molecule has 0 aliphatic rings. The van der Waals surface area contributed by atoms with Crippen molar-refractivity contribution in [2.45, 2.75) is 4.90 Å². The molecule has 4 nitrogen and oxygen atoms in total. The molecule has 0 aliphatic heterocycles. The molecule has 0 fully saturated rings. The zero-order chi connectivity index (χ0) is 11.5. The molecule has 92 valence electrons. The van der Waals surface area contributed by atoms with E-state index >= 15 is 0 Å². The number of nitrogens with two attached hydrogens (primary N) is 1.